The fourth-order valence-electron chi connectivity index (χ4n) is 6.35. The van der Waals surface area contributed by atoms with Crippen molar-refractivity contribution in [3.05, 3.63) is 0 Å². The van der Waals surface area contributed by atoms with Gasteiger partial charge in [-0.1, -0.05) is 13.8 Å². The van der Waals surface area contributed by atoms with Gasteiger partial charge in [0.2, 0.25) is 5.91 Å². The van der Waals surface area contributed by atoms with Gasteiger partial charge in [-0.2, -0.15) is 0 Å². The van der Waals surface area contributed by atoms with Crippen LogP contribution in [0.4, 0.5) is 4.79 Å². The van der Waals surface area contributed by atoms with Crippen LogP contribution >= 0.6 is 0 Å². The molecule has 1 atom stereocenters. The molecule has 0 spiro atoms. The minimum atomic E-state index is -0.956. The van der Waals surface area contributed by atoms with Crippen molar-refractivity contribution in [1.82, 2.24) is 4.90 Å². The van der Waals surface area contributed by atoms with Crippen molar-refractivity contribution in [2.24, 2.45) is 29.1 Å². The lowest BCUT2D eigenvalue weighted by atomic mass is 9.49. The average Bonchev–Trinajstić information content (AvgIpc) is 3.07. The summed E-state index contributed by atoms with van der Waals surface area (Å²) in [4.78, 5) is 39.5. The molecule has 27 heavy (non-hydrogen) atoms. The topological polar surface area (TPSA) is 72.9 Å². The van der Waals surface area contributed by atoms with Gasteiger partial charge >= 0.3 is 12.1 Å². The summed E-state index contributed by atoms with van der Waals surface area (Å²) in [7, 11) is 0. The Balaban J connectivity index is 1.41. The van der Waals surface area contributed by atoms with Crippen LogP contribution in [0.3, 0.4) is 0 Å². The molecule has 1 aliphatic heterocycles. The Labute approximate surface area is 160 Å². The van der Waals surface area contributed by atoms with Crippen molar-refractivity contribution in [3.8, 4) is 0 Å². The van der Waals surface area contributed by atoms with Gasteiger partial charge in [0.25, 0.3) is 0 Å². The van der Waals surface area contributed by atoms with Crippen LogP contribution in [0.15, 0.2) is 0 Å². The van der Waals surface area contributed by atoms with Crippen molar-refractivity contribution < 1.29 is 23.9 Å². The fourth-order valence-corrected chi connectivity index (χ4v) is 6.35. The molecule has 4 saturated carbocycles. The maximum absolute atomic E-state index is 13.5. The van der Waals surface area contributed by atoms with E-state index in [-0.39, 0.29) is 23.8 Å². The number of esters is 1. The van der Waals surface area contributed by atoms with Crippen LogP contribution in [0.2, 0.25) is 0 Å². The number of likely N-dealkylation sites (tertiary alicyclic amines) is 1. The van der Waals surface area contributed by atoms with E-state index in [1.54, 1.807) is 4.90 Å². The number of rotatable bonds is 4. The standard InChI is InChI=1S/C21H31NO5/c1-13(2)12-26-20(25)27-18(23)17-4-3-5-22(17)19(24)21-9-14-6-15(10-21)8-16(7-14)11-21/h13-17H,3-12H2,1-2H3/t14?,15?,16?,17-,21?/m0/s1. The number of carbonyl (C=O) groups excluding carboxylic acids is 3. The molecule has 0 aromatic rings. The first kappa shape index (κ1) is 18.8. The van der Waals surface area contributed by atoms with E-state index in [9.17, 15) is 14.4 Å². The molecule has 0 unspecified atom stereocenters. The summed E-state index contributed by atoms with van der Waals surface area (Å²) in [6.45, 7) is 4.63. The van der Waals surface area contributed by atoms with E-state index in [1.165, 1.54) is 19.3 Å². The van der Waals surface area contributed by atoms with E-state index >= 15 is 0 Å². The van der Waals surface area contributed by atoms with Gasteiger partial charge in [-0.15, -0.1) is 0 Å². The van der Waals surface area contributed by atoms with Crippen molar-refractivity contribution in [3.63, 3.8) is 0 Å². The first-order valence-electron chi connectivity index (χ1n) is 10.6. The fraction of sp³-hybridized carbons (Fsp3) is 0.857. The molecule has 0 aromatic heterocycles. The van der Waals surface area contributed by atoms with E-state index < -0.39 is 18.2 Å². The number of carbonyl (C=O) groups is 3. The van der Waals surface area contributed by atoms with Crippen molar-refractivity contribution in [2.75, 3.05) is 13.2 Å². The molecule has 1 heterocycles. The SMILES string of the molecule is CC(C)COC(=O)OC(=O)[C@@H]1CCCN1C(=O)C12CC3CC(CC(C3)C1)C2. The Hall–Kier alpha value is -1.59. The summed E-state index contributed by atoms with van der Waals surface area (Å²) < 4.78 is 9.83. The Morgan fingerprint density at radius 3 is 2.19 bits per heavy atom. The number of ether oxygens (including phenoxy) is 2. The van der Waals surface area contributed by atoms with E-state index in [1.807, 2.05) is 13.8 Å². The second-order valence-electron chi connectivity index (χ2n) is 9.73. The van der Waals surface area contributed by atoms with Crippen LogP contribution in [0.5, 0.6) is 0 Å². The van der Waals surface area contributed by atoms with Crippen molar-refractivity contribution in [1.29, 1.82) is 0 Å². The second-order valence-corrected chi connectivity index (χ2v) is 9.73. The Morgan fingerprint density at radius 1 is 1.04 bits per heavy atom. The maximum atomic E-state index is 13.5. The highest BCUT2D eigenvalue weighted by atomic mass is 16.7. The van der Waals surface area contributed by atoms with E-state index in [0.717, 1.165) is 25.7 Å². The minimum Gasteiger partial charge on any atom is -0.434 e. The van der Waals surface area contributed by atoms with Gasteiger partial charge in [0.1, 0.15) is 6.04 Å². The third kappa shape index (κ3) is 3.59. The average molecular weight is 377 g/mol. The van der Waals surface area contributed by atoms with Gasteiger partial charge in [0.05, 0.1) is 12.0 Å². The van der Waals surface area contributed by atoms with Gasteiger partial charge in [0, 0.05) is 6.54 Å². The summed E-state index contributed by atoms with van der Waals surface area (Å²) in [5.41, 5.74) is -0.268. The lowest BCUT2D eigenvalue weighted by molar-refractivity contribution is -0.164. The molecule has 4 bridgehead atoms. The Bertz CT molecular complexity index is 593. The predicted molar refractivity (Wildman–Crippen MR) is 97.6 cm³/mol. The lowest BCUT2D eigenvalue weighted by Crippen LogP contribution is -2.56. The summed E-state index contributed by atoms with van der Waals surface area (Å²) in [6, 6.07) is -0.642. The number of hydrogen-bond donors (Lipinski definition) is 0. The lowest BCUT2D eigenvalue weighted by Gasteiger charge is -2.56. The molecule has 0 aromatic carbocycles. The number of amides is 1. The van der Waals surface area contributed by atoms with Crippen molar-refractivity contribution in [2.45, 2.75) is 71.3 Å². The monoisotopic (exact) mass is 377 g/mol. The van der Waals surface area contributed by atoms with Gasteiger partial charge < -0.3 is 14.4 Å². The number of nitrogens with zero attached hydrogens (tertiary/aromatic N) is 1. The third-order valence-electron chi connectivity index (χ3n) is 7.00. The van der Waals surface area contributed by atoms with Crippen LogP contribution in [0, 0.1) is 29.1 Å². The molecule has 1 amide bonds. The maximum Gasteiger partial charge on any atom is 0.516 e. The zero-order valence-electron chi connectivity index (χ0n) is 16.4. The van der Waals surface area contributed by atoms with Gasteiger partial charge in [-0.25, -0.2) is 9.59 Å². The molecule has 150 valence electrons. The highest BCUT2D eigenvalue weighted by molar-refractivity contribution is 5.92. The first-order valence-corrected chi connectivity index (χ1v) is 10.6. The quantitative estimate of drug-likeness (QED) is 0.553. The van der Waals surface area contributed by atoms with Crippen LogP contribution < -0.4 is 0 Å². The van der Waals surface area contributed by atoms with Gasteiger partial charge in [-0.3, -0.25) is 4.79 Å². The molecule has 4 aliphatic carbocycles. The first-order chi connectivity index (χ1) is 12.9. The minimum absolute atomic E-state index is 0.136. The summed E-state index contributed by atoms with van der Waals surface area (Å²) in [5, 5.41) is 0. The predicted octanol–water partition coefficient (Wildman–Crippen LogP) is 3.53. The molecule has 5 fully saturated rings. The molecule has 1 saturated heterocycles. The van der Waals surface area contributed by atoms with E-state index in [0.29, 0.717) is 30.7 Å². The van der Waals surface area contributed by atoms with Crippen molar-refractivity contribution >= 4 is 18.0 Å². The van der Waals surface area contributed by atoms with E-state index in [4.69, 9.17) is 9.47 Å². The molecule has 0 radical (unpaired) electrons. The third-order valence-corrected chi connectivity index (χ3v) is 7.00. The van der Waals surface area contributed by atoms with Gasteiger partial charge in [0.15, 0.2) is 0 Å². The summed E-state index contributed by atoms with van der Waals surface area (Å²) in [5.74, 6) is 1.71. The van der Waals surface area contributed by atoms with Crippen LogP contribution in [-0.2, 0) is 19.1 Å². The molecule has 6 nitrogen and oxygen atoms in total. The Kier molecular flexibility index (Phi) is 4.93. The van der Waals surface area contributed by atoms with Gasteiger partial charge in [-0.05, 0) is 75.0 Å². The zero-order valence-corrected chi connectivity index (χ0v) is 16.4. The molecular weight excluding hydrogens is 346 g/mol. The second kappa shape index (κ2) is 7.10. The number of hydrogen-bond acceptors (Lipinski definition) is 5. The zero-order chi connectivity index (χ0) is 19.2. The largest absolute Gasteiger partial charge is 0.516 e. The Morgan fingerprint density at radius 2 is 1.63 bits per heavy atom. The molecule has 5 rings (SSSR count). The van der Waals surface area contributed by atoms with Crippen LogP contribution in [-0.4, -0.2) is 42.1 Å². The highest BCUT2D eigenvalue weighted by Crippen LogP contribution is 2.60. The molecule has 0 N–H and O–H groups in total. The molecule has 6 heteroatoms. The van der Waals surface area contributed by atoms with Crippen LogP contribution in [0.25, 0.3) is 0 Å². The van der Waals surface area contributed by atoms with E-state index in [2.05, 4.69) is 0 Å². The summed E-state index contributed by atoms with van der Waals surface area (Å²) in [6.07, 6.45) is 7.15. The summed E-state index contributed by atoms with van der Waals surface area (Å²) >= 11 is 0. The highest BCUT2D eigenvalue weighted by Gasteiger charge is 2.57. The smallest absolute Gasteiger partial charge is 0.434 e. The normalized spacial score (nSPS) is 36.9. The molecule has 5 aliphatic rings. The van der Waals surface area contributed by atoms with Crippen LogP contribution in [0.1, 0.15) is 65.2 Å². The molecular formula is C21H31NO5.